The molecule has 0 atom stereocenters. The Hall–Kier alpha value is -2.31. The van der Waals surface area contributed by atoms with Gasteiger partial charge in [0.25, 0.3) is 0 Å². The largest absolute Gasteiger partial charge is 0.478 e. The molecule has 25 heavy (non-hydrogen) atoms. The molecule has 2 amide bonds. The van der Waals surface area contributed by atoms with Crippen LogP contribution in [0.15, 0.2) is 12.1 Å². The summed E-state index contributed by atoms with van der Waals surface area (Å²) in [5.41, 5.74) is 0.236. The first-order valence-corrected chi connectivity index (χ1v) is 8.82. The Kier molecular flexibility index (Phi) is 4.83. The highest BCUT2D eigenvalue weighted by Crippen LogP contribution is 2.31. The topological polar surface area (TPSA) is 83.0 Å². The predicted octanol–water partition coefficient (Wildman–Crippen LogP) is 2.21. The third kappa shape index (κ3) is 3.55. The van der Waals surface area contributed by atoms with Gasteiger partial charge in [0.1, 0.15) is 5.75 Å². The fourth-order valence-corrected chi connectivity index (χ4v) is 3.52. The van der Waals surface area contributed by atoms with Crippen molar-refractivity contribution < 1.29 is 19.4 Å². The number of aryl methyl sites for hydroxylation is 2. The van der Waals surface area contributed by atoms with Crippen LogP contribution >= 0.6 is 0 Å². The fraction of sp³-hybridized carbons (Fsp3) is 0.611. The molecular weight excluding hydrogens is 322 g/mol. The van der Waals surface area contributed by atoms with E-state index < -0.39 is 11.6 Å². The summed E-state index contributed by atoms with van der Waals surface area (Å²) in [5.74, 6) is -0.493. The lowest BCUT2D eigenvalue weighted by molar-refractivity contribution is -0.159. The number of aliphatic carboxylic acids is 1. The Morgan fingerprint density at radius 3 is 2.24 bits per heavy atom. The van der Waals surface area contributed by atoms with E-state index in [4.69, 9.17) is 4.74 Å². The third-order valence-electron chi connectivity index (χ3n) is 5.09. The van der Waals surface area contributed by atoms with Crippen LogP contribution in [0.5, 0.6) is 5.75 Å². The highest BCUT2D eigenvalue weighted by molar-refractivity contribution is 5.79. The van der Waals surface area contributed by atoms with Gasteiger partial charge in [0.15, 0.2) is 0 Å². The summed E-state index contributed by atoms with van der Waals surface area (Å²) < 4.78 is 5.93. The molecule has 1 aromatic rings. The standard InChI is InChI=1S/C18H25N3O4/c1-13-5-6-15(14(2)19-13)25-18(16(22)23)7-11-21(12-8-18)17(24)20-9-3-4-10-20/h5-6H,3-4,7-12H2,1-2H3,(H,22,23). The molecule has 7 nitrogen and oxygen atoms in total. The van der Waals surface area contributed by atoms with Gasteiger partial charge < -0.3 is 19.6 Å². The number of carbonyl (C=O) groups excluding carboxylic acids is 1. The predicted molar refractivity (Wildman–Crippen MR) is 91.7 cm³/mol. The van der Waals surface area contributed by atoms with Crippen molar-refractivity contribution in [2.24, 2.45) is 0 Å². The third-order valence-corrected chi connectivity index (χ3v) is 5.09. The van der Waals surface area contributed by atoms with Gasteiger partial charge >= 0.3 is 12.0 Å². The first-order valence-electron chi connectivity index (χ1n) is 8.82. The average Bonchev–Trinajstić information content (AvgIpc) is 3.12. The van der Waals surface area contributed by atoms with Crippen LogP contribution in [0.3, 0.4) is 0 Å². The van der Waals surface area contributed by atoms with Gasteiger partial charge in [-0.3, -0.25) is 4.98 Å². The Morgan fingerprint density at radius 1 is 1.08 bits per heavy atom. The van der Waals surface area contributed by atoms with E-state index in [0.29, 0.717) is 24.5 Å². The van der Waals surface area contributed by atoms with E-state index >= 15 is 0 Å². The minimum atomic E-state index is -1.30. The van der Waals surface area contributed by atoms with E-state index in [0.717, 1.165) is 31.6 Å². The molecule has 0 aromatic carbocycles. The van der Waals surface area contributed by atoms with Crippen molar-refractivity contribution in [1.82, 2.24) is 14.8 Å². The minimum Gasteiger partial charge on any atom is -0.478 e. The maximum absolute atomic E-state index is 12.5. The normalized spacial score (nSPS) is 19.8. The number of amides is 2. The Morgan fingerprint density at radius 2 is 1.68 bits per heavy atom. The van der Waals surface area contributed by atoms with Gasteiger partial charge in [-0.05, 0) is 38.8 Å². The van der Waals surface area contributed by atoms with Crippen molar-refractivity contribution in [1.29, 1.82) is 0 Å². The van der Waals surface area contributed by atoms with Crippen LogP contribution in [0.2, 0.25) is 0 Å². The maximum Gasteiger partial charge on any atom is 0.348 e. The van der Waals surface area contributed by atoms with Crippen molar-refractivity contribution in [3.05, 3.63) is 23.5 Å². The smallest absolute Gasteiger partial charge is 0.348 e. The number of nitrogens with zero attached hydrogens (tertiary/aromatic N) is 3. The zero-order valence-electron chi connectivity index (χ0n) is 14.8. The fourth-order valence-electron chi connectivity index (χ4n) is 3.52. The molecule has 7 heteroatoms. The van der Waals surface area contributed by atoms with Gasteiger partial charge in [-0.15, -0.1) is 0 Å². The van der Waals surface area contributed by atoms with Crippen LogP contribution in [-0.2, 0) is 4.79 Å². The molecule has 0 bridgehead atoms. The molecule has 0 radical (unpaired) electrons. The Balaban J connectivity index is 1.70. The molecule has 136 valence electrons. The molecular formula is C18H25N3O4. The van der Waals surface area contributed by atoms with Crippen LogP contribution < -0.4 is 4.74 Å². The molecule has 3 heterocycles. The van der Waals surface area contributed by atoms with Crippen molar-refractivity contribution >= 4 is 12.0 Å². The number of hydrogen-bond acceptors (Lipinski definition) is 4. The lowest BCUT2D eigenvalue weighted by Gasteiger charge is -2.40. The molecule has 1 aromatic heterocycles. The summed E-state index contributed by atoms with van der Waals surface area (Å²) in [6.45, 7) is 6.06. The van der Waals surface area contributed by atoms with Crippen molar-refractivity contribution in [2.45, 2.75) is 45.1 Å². The second-order valence-electron chi connectivity index (χ2n) is 6.90. The molecule has 3 rings (SSSR count). The quantitative estimate of drug-likeness (QED) is 0.906. The summed E-state index contributed by atoms with van der Waals surface area (Å²) in [5, 5.41) is 9.77. The number of likely N-dealkylation sites (tertiary alicyclic amines) is 2. The monoisotopic (exact) mass is 347 g/mol. The number of carbonyl (C=O) groups is 2. The number of rotatable bonds is 3. The van der Waals surface area contributed by atoms with Crippen molar-refractivity contribution in [3.8, 4) is 5.75 Å². The number of carboxylic acids is 1. The molecule has 2 saturated heterocycles. The Bertz CT molecular complexity index is 662. The van der Waals surface area contributed by atoms with E-state index in [2.05, 4.69) is 4.98 Å². The van der Waals surface area contributed by atoms with Gasteiger partial charge in [0.05, 0.1) is 5.69 Å². The number of hydrogen-bond donors (Lipinski definition) is 1. The molecule has 2 aliphatic rings. The van der Waals surface area contributed by atoms with Gasteiger partial charge in [-0.1, -0.05) is 0 Å². The molecule has 0 aliphatic carbocycles. The average molecular weight is 347 g/mol. The van der Waals surface area contributed by atoms with Crippen molar-refractivity contribution in [3.63, 3.8) is 0 Å². The van der Waals surface area contributed by atoms with E-state index in [1.165, 1.54) is 0 Å². The summed E-state index contributed by atoms with van der Waals surface area (Å²) in [6.07, 6.45) is 2.63. The lowest BCUT2D eigenvalue weighted by Crippen LogP contribution is -2.56. The van der Waals surface area contributed by atoms with E-state index in [-0.39, 0.29) is 18.9 Å². The number of carboxylic acid groups (broad SMARTS) is 1. The number of pyridine rings is 1. The summed E-state index contributed by atoms with van der Waals surface area (Å²) in [6, 6.07) is 3.60. The molecule has 2 fully saturated rings. The van der Waals surface area contributed by atoms with Crippen LogP contribution in [0.25, 0.3) is 0 Å². The van der Waals surface area contributed by atoms with Gasteiger partial charge in [-0.2, -0.15) is 0 Å². The number of ether oxygens (including phenoxy) is 1. The van der Waals surface area contributed by atoms with E-state index in [1.54, 1.807) is 11.0 Å². The van der Waals surface area contributed by atoms with Crippen LogP contribution in [0, 0.1) is 13.8 Å². The first-order chi connectivity index (χ1) is 11.9. The summed E-state index contributed by atoms with van der Waals surface area (Å²) >= 11 is 0. The van der Waals surface area contributed by atoms with Crippen LogP contribution in [-0.4, -0.2) is 63.7 Å². The molecule has 2 aliphatic heterocycles. The second-order valence-corrected chi connectivity index (χ2v) is 6.90. The highest BCUT2D eigenvalue weighted by atomic mass is 16.5. The molecule has 0 saturated carbocycles. The maximum atomic E-state index is 12.5. The highest BCUT2D eigenvalue weighted by Gasteiger charge is 2.45. The Labute approximate surface area is 147 Å². The van der Waals surface area contributed by atoms with Crippen LogP contribution in [0.4, 0.5) is 4.79 Å². The second kappa shape index (κ2) is 6.90. The first kappa shape index (κ1) is 17.5. The summed E-state index contributed by atoms with van der Waals surface area (Å²) in [7, 11) is 0. The van der Waals surface area contributed by atoms with Gasteiger partial charge in [-0.25, -0.2) is 9.59 Å². The SMILES string of the molecule is Cc1ccc(OC2(C(=O)O)CCN(C(=O)N3CCCC3)CC2)c(C)n1. The number of urea groups is 1. The molecule has 1 N–H and O–H groups in total. The summed E-state index contributed by atoms with van der Waals surface area (Å²) in [4.78, 5) is 32.3. The number of aromatic nitrogens is 1. The van der Waals surface area contributed by atoms with Crippen molar-refractivity contribution in [2.75, 3.05) is 26.2 Å². The van der Waals surface area contributed by atoms with Gasteiger partial charge in [0, 0.05) is 44.7 Å². The lowest BCUT2D eigenvalue weighted by atomic mass is 9.91. The van der Waals surface area contributed by atoms with Gasteiger partial charge in [0.2, 0.25) is 5.60 Å². The number of piperidine rings is 1. The zero-order chi connectivity index (χ0) is 18.0. The van der Waals surface area contributed by atoms with Crippen LogP contribution in [0.1, 0.15) is 37.1 Å². The molecule has 0 unspecified atom stereocenters. The molecule has 0 spiro atoms. The van der Waals surface area contributed by atoms with E-state index in [9.17, 15) is 14.7 Å². The zero-order valence-corrected chi connectivity index (χ0v) is 14.8. The minimum absolute atomic E-state index is 0.0182. The van der Waals surface area contributed by atoms with E-state index in [1.807, 2.05) is 24.8 Å².